The quantitative estimate of drug-likeness (QED) is 0.450. The fourth-order valence-corrected chi connectivity index (χ4v) is 3.35. The van der Waals surface area contributed by atoms with Gasteiger partial charge in [-0.05, 0) is 49.2 Å². The van der Waals surface area contributed by atoms with Crippen molar-refractivity contribution in [1.82, 2.24) is 20.6 Å². The molecule has 1 fully saturated rings. The molecule has 188 valence electrons. The minimum Gasteiger partial charge on any atom is -0.497 e. The number of methoxy groups -OCH3 is 1. The molecule has 1 aliphatic carbocycles. The predicted octanol–water partition coefficient (Wildman–Crippen LogP) is 4.01. The highest BCUT2D eigenvalue weighted by atomic mass is 19.4. The van der Waals surface area contributed by atoms with E-state index < -0.39 is 40.7 Å². The van der Waals surface area contributed by atoms with Gasteiger partial charge in [0.1, 0.15) is 34.2 Å². The molecule has 0 atom stereocenters. The zero-order valence-electron chi connectivity index (χ0n) is 18.9. The molecule has 0 radical (unpaired) electrons. The highest BCUT2D eigenvalue weighted by Crippen LogP contribution is 2.40. The maximum absolute atomic E-state index is 13.4. The van der Waals surface area contributed by atoms with Gasteiger partial charge >= 0.3 is 6.18 Å². The van der Waals surface area contributed by atoms with Crippen LogP contribution in [0.1, 0.15) is 34.5 Å². The summed E-state index contributed by atoms with van der Waals surface area (Å²) in [5.74, 6) is -2.03. The van der Waals surface area contributed by atoms with Crippen LogP contribution in [0.4, 0.5) is 17.6 Å². The third kappa shape index (κ3) is 5.70. The van der Waals surface area contributed by atoms with E-state index in [0.717, 1.165) is 24.4 Å². The first-order chi connectivity index (χ1) is 17.1. The number of hydrogen-bond donors (Lipinski definition) is 2. The van der Waals surface area contributed by atoms with E-state index in [2.05, 4.69) is 20.6 Å². The van der Waals surface area contributed by atoms with Gasteiger partial charge in [0.25, 0.3) is 5.91 Å². The monoisotopic (exact) mass is 504 g/mol. The fraction of sp³-hybridized carbons (Fsp3) is 0.250. The molecule has 2 heterocycles. The minimum atomic E-state index is -4.65. The Labute approximate surface area is 202 Å². The van der Waals surface area contributed by atoms with Gasteiger partial charge in [-0.3, -0.25) is 19.6 Å². The van der Waals surface area contributed by atoms with E-state index in [0.29, 0.717) is 18.5 Å². The highest BCUT2D eigenvalue weighted by Gasteiger charge is 2.51. The molecule has 0 spiro atoms. The number of halogens is 4. The molecule has 2 amide bonds. The Balaban J connectivity index is 1.36. The molecular weight excluding hydrogens is 484 g/mol. The molecule has 1 aromatic carbocycles. The number of alkyl halides is 3. The molecule has 12 heteroatoms. The number of aromatic nitrogens is 2. The summed E-state index contributed by atoms with van der Waals surface area (Å²) >= 11 is 0. The molecule has 0 saturated heterocycles. The zero-order chi connectivity index (χ0) is 25.9. The lowest BCUT2D eigenvalue weighted by molar-refractivity contribution is -0.138. The van der Waals surface area contributed by atoms with Crippen molar-refractivity contribution < 1.29 is 36.6 Å². The maximum atomic E-state index is 13.4. The molecule has 3 aromatic rings. The van der Waals surface area contributed by atoms with Gasteiger partial charge in [-0.15, -0.1) is 0 Å². The van der Waals surface area contributed by atoms with Crippen LogP contribution in [0.2, 0.25) is 0 Å². The summed E-state index contributed by atoms with van der Waals surface area (Å²) in [7, 11) is 1.26. The first-order valence-corrected chi connectivity index (χ1v) is 10.7. The van der Waals surface area contributed by atoms with Crippen LogP contribution in [-0.2, 0) is 17.5 Å². The van der Waals surface area contributed by atoms with Crippen LogP contribution in [0, 0.1) is 5.82 Å². The Morgan fingerprint density at radius 2 is 1.81 bits per heavy atom. The molecule has 1 saturated carbocycles. The van der Waals surface area contributed by atoms with Crippen LogP contribution >= 0.6 is 0 Å². The number of carbonyl (C=O) groups excluding carboxylic acids is 2. The number of carbonyl (C=O) groups is 2. The summed E-state index contributed by atoms with van der Waals surface area (Å²) in [5.41, 5.74) is -1.69. The van der Waals surface area contributed by atoms with Crippen LogP contribution < -0.4 is 20.1 Å². The number of benzene rings is 1. The maximum Gasteiger partial charge on any atom is 0.420 e. The molecule has 0 unspecified atom stereocenters. The van der Waals surface area contributed by atoms with Crippen molar-refractivity contribution in [2.24, 2.45) is 0 Å². The van der Waals surface area contributed by atoms with Crippen LogP contribution in [0.15, 0.2) is 55.0 Å². The largest absolute Gasteiger partial charge is 0.497 e. The smallest absolute Gasteiger partial charge is 0.420 e. The molecule has 1 aliphatic rings. The van der Waals surface area contributed by atoms with E-state index in [1.807, 2.05) is 0 Å². The van der Waals surface area contributed by atoms with Gasteiger partial charge < -0.3 is 20.1 Å². The van der Waals surface area contributed by atoms with Crippen LogP contribution in [0.3, 0.4) is 0 Å². The van der Waals surface area contributed by atoms with Crippen molar-refractivity contribution in [3.8, 4) is 17.2 Å². The number of hydrogen-bond acceptors (Lipinski definition) is 6. The first kappa shape index (κ1) is 24.9. The Morgan fingerprint density at radius 1 is 1.06 bits per heavy atom. The van der Waals surface area contributed by atoms with E-state index in [9.17, 15) is 27.2 Å². The van der Waals surface area contributed by atoms with Gasteiger partial charge in [0.2, 0.25) is 5.91 Å². The van der Waals surface area contributed by atoms with E-state index >= 15 is 0 Å². The van der Waals surface area contributed by atoms with E-state index in [1.165, 1.54) is 37.7 Å². The number of rotatable bonds is 8. The number of ether oxygens (including phenoxy) is 2. The summed E-state index contributed by atoms with van der Waals surface area (Å²) in [6.07, 6.45) is -0.429. The standard InChI is InChI=1S/C24H20F4N4O4/c1-35-17-4-5-20(19(9-17)24(26,27)28)36-18-3-2-16(30-13-18)12-31-22(34)23(6-7-23)32-21(33)14-8-15(25)11-29-10-14/h2-5,8-11,13H,6-7,12H2,1H3,(H,31,34)(H,32,33). The van der Waals surface area contributed by atoms with Gasteiger partial charge in [0.15, 0.2) is 0 Å². The summed E-state index contributed by atoms with van der Waals surface area (Å²) in [6.45, 7) is 0.00852. The Kier molecular flexibility index (Phi) is 6.77. The second kappa shape index (κ2) is 9.80. The number of nitrogens with zero attached hydrogens (tertiary/aromatic N) is 2. The topological polar surface area (TPSA) is 102 Å². The molecular formula is C24H20F4N4O4. The van der Waals surface area contributed by atoms with Gasteiger partial charge in [0.05, 0.1) is 37.3 Å². The summed E-state index contributed by atoms with van der Waals surface area (Å²) in [4.78, 5) is 32.7. The Bertz CT molecular complexity index is 1280. The van der Waals surface area contributed by atoms with Crippen LogP contribution in [0.25, 0.3) is 0 Å². The van der Waals surface area contributed by atoms with E-state index in [1.54, 1.807) is 0 Å². The van der Waals surface area contributed by atoms with Gasteiger partial charge in [-0.2, -0.15) is 13.2 Å². The highest BCUT2D eigenvalue weighted by molar-refractivity contribution is 6.00. The van der Waals surface area contributed by atoms with E-state index in [4.69, 9.17) is 9.47 Å². The summed E-state index contributed by atoms with van der Waals surface area (Å²) in [6, 6.07) is 7.27. The van der Waals surface area contributed by atoms with Crippen molar-refractivity contribution >= 4 is 11.8 Å². The normalized spacial score (nSPS) is 14.0. The van der Waals surface area contributed by atoms with Crippen molar-refractivity contribution in [2.45, 2.75) is 31.1 Å². The second-order valence-corrected chi connectivity index (χ2v) is 8.06. The lowest BCUT2D eigenvalue weighted by Crippen LogP contribution is -2.48. The average molecular weight is 504 g/mol. The lowest BCUT2D eigenvalue weighted by Gasteiger charge is -2.17. The lowest BCUT2D eigenvalue weighted by atomic mass is 10.2. The summed E-state index contributed by atoms with van der Waals surface area (Å²) in [5, 5.41) is 5.28. The molecule has 2 N–H and O–H groups in total. The molecule has 36 heavy (non-hydrogen) atoms. The molecule has 2 aromatic heterocycles. The molecule has 4 rings (SSSR count). The number of amides is 2. The van der Waals surface area contributed by atoms with Crippen LogP contribution in [0.5, 0.6) is 17.2 Å². The molecule has 8 nitrogen and oxygen atoms in total. The summed E-state index contributed by atoms with van der Waals surface area (Å²) < 4.78 is 63.6. The third-order valence-electron chi connectivity index (χ3n) is 5.45. The van der Waals surface area contributed by atoms with Crippen molar-refractivity contribution in [3.05, 3.63) is 77.6 Å². The van der Waals surface area contributed by atoms with Gasteiger partial charge in [0, 0.05) is 6.20 Å². The second-order valence-electron chi connectivity index (χ2n) is 8.06. The fourth-order valence-electron chi connectivity index (χ4n) is 3.35. The predicted molar refractivity (Wildman–Crippen MR) is 118 cm³/mol. The average Bonchev–Trinajstić information content (AvgIpc) is 3.63. The third-order valence-corrected chi connectivity index (χ3v) is 5.45. The zero-order valence-corrected chi connectivity index (χ0v) is 18.9. The Morgan fingerprint density at radius 3 is 2.42 bits per heavy atom. The van der Waals surface area contributed by atoms with Crippen molar-refractivity contribution in [2.75, 3.05) is 7.11 Å². The SMILES string of the molecule is COc1ccc(Oc2ccc(CNC(=O)C3(NC(=O)c4cncc(F)c4)CC3)nc2)c(C(F)(F)F)c1. The van der Waals surface area contributed by atoms with Crippen molar-refractivity contribution in [1.29, 1.82) is 0 Å². The Hall–Kier alpha value is -4.22. The van der Waals surface area contributed by atoms with Gasteiger partial charge in [-0.1, -0.05) is 0 Å². The number of nitrogens with one attached hydrogen (secondary N) is 2. The van der Waals surface area contributed by atoms with E-state index in [-0.39, 0.29) is 23.6 Å². The van der Waals surface area contributed by atoms with Gasteiger partial charge in [-0.25, -0.2) is 4.39 Å². The molecule has 0 bridgehead atoms. The molecule has 0 aliphatic heterocycles. The number of pyridine rings is 2. The van der Waals surface area contributed by atoms with Crippen LogP contribution in [-0.4, -0.2) is 34.4 Å². The first-order valence-electron chi connectivity index (χ1n) is 10.7. The minimum absolute atomic E-state index is 0.00290. The van der Waals surface area contributed by atoms with Crippen molar-refractivity contribution in [3.63, 3.8) is 0 Å².